The van der Waals surface area contributed by atoms with Gasteiger partial charge in [0.15, 0.2) is 0 Å². The summed E-state index contributed by atoms with van der Waals surface area (Å²) in [5, 5.41) is 5.39. The number of benzene rings is 2. The maximum Gasteiger partial charge on any atom is 0.238 e. The molecule has 2 aromatic carbocycles. The van der Waals surface area contributed by atoms with Crippen molar-refractivity contribution >= 4 is 46.6 Å². The van der Waals surface area contributed by atoms with Crippen LogP contribution in [0.15, 0.2) is 47.4 Å². The van der Waals surface area contributed by atoms with Crippen molar-refractivity contribution in [1.82, 2.24) is 4.90 Å². The number of thioether (sulfide) groups is 1. The van der Waals surface area contributed by atoms with Crippen LogP contribution in [0.25, 0.3) is 0 Å². The molecule has 2 aromatic rings. The molecule has 0 bridgehead atoms. The average Bonchev–Trinajstić information content (AvgIpc) is 2.58. The van der Waals surface area contributed by atoms with E-state index in [1.807, 2.05) is 30.5 Å². The van der Waals surface area contributed by atoms with Crippen molar-refractivity contribution in [2.45, 2.75) is 4.90 Å². The van der Waals surface area contributed by atoms with Crippen LogP contribution in [0, 0.1) is 5.82 Å². The van der Waals surface area contributed by atoms with Crippen molar-refractivity contribution in [2.75, 3.05) is 37.0 Å². The molecule has 0 atom stereocenters. The fraction of sp³-hybridized carbons (Fsp3) is 0.222. The number of likely N-dealkylation sites (N-methyl/N-ethyl adjacent to an activating group) is 1. The Labute approximate surface area is 160 Å². The van der Waals surface area contributed by atoms with Crippen LogP contribution >= 0.6 is 23.4 Å². The predicted molar refractivity (Wildman–Crippen MR) is 104 cm³/mol. The lowest BCUT2D eigenvalue weighted by Crippen LogP contribution is -2.36. The van der Waals surface area contributed by atoms with Gasteiger partial charge in [0.1, 0.15) is 5.82 Å². The largest absolute Gasteiger partial charge is 0.325 e. The lowest BCUT2D eigenvalue weighted by Gasteiger charge is -2.17. The highest BCUT2D eigenvalue weighted by molar-refractivity contribution is 7.98. The molecule has 0 radical (unpaired) electrons. The number of rotatable bonds is 7. The van der Waals surface area contributed by atoms with E-state index in [-0.39, 0.29) is 29.9 Å². The number of halogens is 2. The van der Waals surface area contributed by atoms with Crippen LogP contribution in [0.4, 0.5) is 15.8 Å². The Hall–Kier alpha value is -2.09. The molecule has 2 amide bonds. The Balaban J connectivity index is 1.85. The Morgan fingerprint density at radius 2 is 1.77 bits per heavy atom. The number of carbonyl (C=O) groups is 2. The lowest BCUT2D eigenvalue weighted by molar-refractivity contribution is -0.119. The minimum Gasteiger partial charge on any atom is -0.325 e. The van der Waals surface area contributed by atoms with Gasteiger partial charge in [0.05, 0.1) is 23.8 Å². The van der Waals surface area contributed by atoms with Gasteiger partial charge in [-0.2, -0.15) is 0 Å². The van der Waals surface area contributed by atoms with Crippen molar-refractivity contribution < 1.29 is 14.0 Å². The van der Waals surface area contributed by atoms with E-state index in [9.17, 15) is 14.0 Å². The number of nitrogens with one attached hydrogen (secondary N) is 2. The second-order valence-corrected chi connectivity index (χ2v) is 6.85. The summed E-state index contributed by atoms with van der Waals surface area (Å²) in [4.78, 5) is 26.7. The van der Waals surface area contributed by atoms with Gasteiger partial charge < -0.3 is 10.6 Å². The van der Waals surface area contributed by atoms with Crippen molar-refractivity contribution in [1.29, 1.82) is 0 Å². The second kappa shape index (κ2) is 9.56. The van der Waals surface area contributed by atoms with Crippen LogP contribution in [0.3, 0.4) is 0 Å². The molecule has 0 heterocycles. The van der Waals surface area contributed by atoms with Gasteiger partial charge >= 0.3 is 0 Å². The minimum atomic E-state index is -0.552. The van der Waals surface area contributed by atoms with Gasteiger partial charge in [0.2, 0.25) is 11.8 Å². The zero-order valence-corrected chi connectivity index (χ0v) is 16.0. The molecule has 2 N–H and O–H groups in total. The maximum atomic E-state index is 13.1. The zero-order valence-electron chi connectivity index (χ0n) is 14.4. The number of carbonyl (C=O) groups excluding carboxylic acids is 2. The van der Waals surface area contributed by atoms with E-state index in [0.29, 0.717) is 5.69 Å². The molecule has 0 spiro atoms. The first-order chi connectivity index (χ1) is 12.4. The van der Waals surface area contributed by atoms with E-state index in [4.69, 9.17) is 11.6 Å². The maximum absolute atomic E-state index is 13.1. The fourth-order valence-electron chi connectivity index (χ4n) is 2.26. The number of para-hydroxylation sites is 1. The molecule has 8 heteroatoms. The van der Waals surface area contributed by atoms with E-state index in [1.54, 1.807) is 23.7 Å². The molecular formula is C18H19ClFN3O2S. The second-order valence-electron chi connectivity index (χ2n) is 5.60. The molecule has 0 aliphatic rings. The van der Waals surface area contributed by atoms with Gasteiger partial charge in [0, 0.05) is 10.6 Å². The summed E-state index contributed by atoms with van der Waals surface area (Å²) in [6, 6.07) is 11.4. The van der Waals surface area contributed by atoms with E-state index in [2.05, 4.69) is 10.6 Å². The Morgan fingerprint density at radius 3 is 2.42 bits per heavy atom. The van der Waals surface area contributed by atoms with Crippen molar-refractivity contribution in [3.05, 3.63) is 53.3 Å². The van der Waals surface area contributed by atoms with Crippen LogP contribution in [-0.2, 0) is 9.59 Å². The normalized spacial score (nSPS) is 10.7. The smallest absolute Gasteiger partial charge is 0.238 e. The SMILES string of the molecule is CSc1ccccc1NC(=O)CN(C)CC(=O)Nc1ccc(F)c(Cl)c1. The topological polar surface area (TPSA) is 61.4 Å². The number of amides is 2. The summed E-state index contributed by atoms with van der Waals surface area (Å²) in [5.41, 5.74) is 1.14. The zero-order chi connectivity index (χ0) is 19.1. The molecule has 0 saturated heterocycles. The standard InChI is InChI=1S/C18H19ClFN3O2S/c1-23(10-17(24)21-12-7-8-14(20)13(19)9-12)11-18(25)22-15-5-3-4-6-16(15)26-2/h3-9H,10-11H2,1-2H3,(H,21,24)(H,22,25). The summed E-state index contributed by atoms with van der Waals surface area (Å²) in [5.74, 6) is -1.09. The van der Waals surface area contributed by atoms with Crippen LogP contribution in [0.5, 0.6) is 0 Å². The molecule has 138 valence electrons. The molecule has 5 nitrogen and oxygen atoms in total. The summed E-state index contributed by atoms with van der Waals surface area (Å²) in [6.07, 6.45) is 1.93. The average molecular weight is 396 g/mol. The van der Waals surface area contributed by atoms with Crippen LogP contribution < -0.4 is 10.6 Å². The third-order valence-corrected chi connectivity index (χ3v) is 4.50. The monoisotopic (exact) mass is 395 g/mol. The lowest BCUT2D eigenvalue weighted by atomic mass is 10.3. The van der Waals surface area contributed by atoms with Gasteiger partial charge in [-0.15, -0.1) is 11.8 Å². The molecule has 0 fully saturated rings. The van der Waals surface area contributed by atoms with Gasteiger partial charge in [-0.25, -0.2) is 4.39 Å². The first-order valence-corrected chi connectivity index (χ1v) is 9.35. The van der Waals surface area contributed by atoms with Crippen molar-refractivity contribution in [2.24, 2.45) is 0 Å². The summed E-state index contributed by atoms with van der Waals surface area (Å²) < 4.78 is 13.1. The third-order valence-electron chi connectivity index (χ3n) is 3.41. The van der Waals surface area contributed by atoms with Crippen LogP contribution in [0.2, 0.25) is 5.02 Å². The Morgan fingerprint density at radius 1 is 1.12 bits per heavy atom. The van der Waals surface area contributed by atoms with E-state index < -0.39 is 5.82 Å². The number of nitrogens with zero attached hydrogens (tertiary/aromatic N) is 1. The molecule has 0 aliphatic carbocycles. The molecule has 2 rings (SSSR count). The van der Waals surface area contributed by atoms with Crippen LogP contribution in [-0.4, -0.2) is 43.1 Å². The Bertz CT molecular complexity index is 804. The highest BCUT2D eigenvalue weighted by atomic mass is 35.5. The molecule has 26 heavy (non-hydrogen) atoms. The third kappa shape index (κ3) is 6.01. The quantitative estimate of drug-likeness (QED) is 0.701. The van der Waals surface area contributed by atoms with Gasteiger partial charge in [-0.1, -0.05) is 23.7 Å². The predicted octanol–water partition coefficient (Wildman–Crippen LogP) is 3.71. The molecule has 0 unspecified atom stereocenters. The summed E-state index contributed by atoms with van der Waals surface area (Å²) in [6.45, 7) is 0.0624. The molecule has 0 aromatic heterocycles. The molecule has 0 aliphatic heterocycles. The Kier molecular flexibility index (Phi) is 7.44. The highest BCUT2D eigenvalue weighted by Crippen LogP contribution is 2.24. The summed E-state index contributed by atoms with van der Waals surface area (Å²) >= 11 is 7.22. The van der Waals surface area contributed by atoms with E-state index in [1.165, 1.54) is 18.2 Å². The van der Waals surface area contributed by atoms with Gasteiger partial charge in [-0.05, 0) is 43.6 Å². The molecular weight excluding hydrogens is 377 g/mol. The van der Waals surface area contributed by atoms with Crippen molar-refractivity contribution in [3.8, 4) is 0 Å². The van der Waals surface area contributed by atoms with E-state index in [0.717, 1.165) is 10.6 Å². The first kappa shape index (κ1) is 20.2. The first-order valence-electron chi connectivity index (χ1n) is 7.75. The van der Waals surface area contributed by atoms with E-state index >= 15 is 0 Å². The van der Waals surface area contributed by atoms with Gasteiger partial charge in [0.25, 0.3) is 0 Å². The fourth-order valence-corrected chi connectivity index (χ4v) is 2.99. The number of hydrogen-bond acceptors (Lipinski definition) is 4. The minimum absolute atomic E-state index is 0.00654. The number of hydrogen-bond donors (Lipinski definition) is 2. The summed E-state index contributed by atoms with van der Waals surface area (Å²) in [7, 11) is 1.66. The van der Waals surface area contributed by atoms with Crippen molar-refractivity contribution in [3.63, 3.8) is 0 Å². The highest BCUT2D eigenvalue weighted by Gasteiger charge is 2.13. The molecule has 0 saturated carbocycles. The van der Waals surface area contributed by atoms with Gasteiger partial charge in [-0.3, -0.25) is 14.5 Å². The number of anilines is 2. The van der Waals surface area contributed by atoms with Crippen LogP contribution in [0.1, 0.15) is 0 Å².